The summed E-state index contributed by atoms with van der Waals surface area (Å²) >= 11 is 6.17. The number of likely N-dealkylation sites (tertiary alicyclic amines) is 1. The van der Waals surface area contributed by atoms with Crippen LogP contribution >= 0.6 is 11.6 Å². The van der Waals surface area contributed by atoms with E-state index in [1.807, 2.05) is 18.2 Å². The van der Waals surface area contributed by atoms with E-state index in [4.69, 9.17) is 30.5 Å². The van der Waals surface area contributed by atoms with Crippen molar-refractivity contribution in [3.8, 4) is 11.5 Å². The quantitative estimate of drug-likeness (QED) is 0.588. The molecular formula is C23H23ClF3NO5. The molecule has 178 valence electrons. The van der Waals surface area contributed by atoms with Crippen LogP contribution in [0.4, 0.5) is 13.2 Å². The second-order valence-corrected chi connectivity index (χ2v) is 8.33. The predicted octanol–water partition coefficient (Wildman–Crippen LogP) is 4.79. The first-order valence-corrected chi connectivity index (χ1v) is 10.8. The maximum Gasteiger partial charge on any atom is 0.392 e. The van der Waals surface area contributed by atoms with Gasteiger partial charge < -0.3 is 23.8 Å². The van der Waals surface area contributed by atoms with Gasteiger partial charge in [-0.1, -0.05) is 23.7 Å². The van der Waals surface area contributed by atoms with Crippen molar-refractivity contribution in [1.29, 1.82) is 0 Å². The number of amides is 1. The van der Waals surface area contributed by atoms with Gasteiger partial charge in [-0.2, -0.15) is 13.2 Å². The Morgan fingerprint density at radius 1 is 1.24 bits per heavy atom. The smallest absolute Gasteiger partial charge is 0.392 e. The Hall–Kier alpha value is -2.49. The summed E-state index contributed by atoms with van der Waals surface area (Å²) in [5.41, 5.74) is 0.575. The van der Waals surface area contributed by atoms with Crippen LogP contribution in [0.3, 0.4) is 0 Å². The van der Waals surface area contributed by atoms with Gasteiger partial charge in [0, 0.05) is 23.6 Å². The molecule has 2 aliphatic heterocycles. The minimum atomic E-state index is -4.32. The van der Waals surface area contributed by atoms with Gasteiger partial charge >= 0.3 is 6.18 Å². The molecule has 33 heavy (non-hydrogen) atoms. The van der Waals surface area contributed by atoms with E-state index < -0.39 is 24.8 Å². The van der Waals surface area contributed by atoms with E-state index in [2.05, 4.69) is 0 Å². The highest BCUT2D eigenvalue weighted by molar-refractivity contribution is 6.30. The number of nitrogens with zero attached hydrogens (tertiary/aromatic N) is 1. The van der Waals surface area contributed by atoms with Gasteiger partial charge in [0.25, 0.3) is 5.91 Å². The molecule has 2 atom stereocenters. The zero-order chi connectivity index (χ0) is 23.6. The van der Waals surface area contributed by atoms with Crippen molar-refractivity contribution in [2.24, 2.45) is 0 Å². The Kier molecular flexibility index (Phi) is 6.74. The largest absolute Gasteiger partial charge is 0.493 e. The monoisotopic (exact) mass is 485 g/mol. The third-order valence-corrected chi connectivity index (χ3v) is 6.13. The molecule has 2 aromatic rings. The second-order valence-electron chi connectivity index (χ2n) is 7.90. The number of hydrogen-bond donors (Lipinski definition) is 0. The molecule has 2 saturated heterocycles. The SMILES string of the molecule is COc1cc(C(=O)N2CCC3(c4cccc(Cl)c4)OCOC3C2)ccc1OCCC(F)(F)F. The normalized spacial score (nSPS) is 22.7. The molecule has 2 heterocycles. The molecule has 0 bridgehead atoms. The van der Waals surface area contributed by atoms with Crippen molar-refractivity contribution < 1.29 is 36.9 Å². The van der Waals surface area contributed by atoms with Crippen molar-refractivity contribution in [3.05, 3.63) is 58.6 Å². The summed E-state index contributed by atoms with van der Waals surface area (Å²) < 4.78 is 59.4. The van der Waals surface area contributed by atoms with E-state index in [0.29, 0.717) is 30.1 Å². The lowest BCUT2D eigenvalue weighted by molar-refractivity contribution is -0.139. The van der Waals surface area contributed by atoms with Crippen molar-refractivity contribution in [3.63, 3.8) is 0 Å². The highest BCUT2D eigenvalue weighted by Gasteiger charge is 2.51. The van der Waals surface area contributed by atoms with Gasteiger partial charge in [0.1, 0.15) is 18.5 Å². The first-order valence-electron chi connectivity index (χ1n) is 10.4. The number of rotatable bonds is 6. The number of carbonyl (C=O) groups excluding carboxylic acids is 1. The fourth-order valence-corrected chi connectivity index (χ4v) is 4.39. The van der Waals surface area contributed by atoms with Crippen LogP contribution in [0.15, 0.2) is 42.5 Å². The number of hydrogen-bond acceptors (Lipinski definition) is 5. The maximum atomic E-state index is 13.2. The van der Waals surface area contributed by atoms with Gasteiger partial charge in [-0.3, -0.25) is 4.79 Å². The van der Waals surface area contributed by atoms with Crippen LogP contribution in [0, 0.1) is 0 Å². The first-order chi connectivity index (χ1) is 15.7. The lowest BCUT2D eigenvalue weighted by Crippen LogP contribution is -2.53. The first kappa shape index (κ1) is 23.7. The van der Waals surface area contributed by atoms with E-state index in [9.17, 15) is 18.0 Å². The second kappa shape index (κ2) is 9.40. The fourth-order valence-electron chi connectivity index (χ4n) is 4.20. The number of piperidine rings is 1. The van der Waals surface area contributed by atoms with Crippen LogP contribution in [0.1, 0.15) is 28.8 Å². The molecule has 4 rings (SSSR count). The van der Waals surface area contributed by atoms with Gasteiger partial charge in [0.05, 0.1) is 26.7 Å². The van der Waals surface area contributed by atoms with Gasteiger partial charge in [0.2, 0.25) is 0 Å². The molecular weight excluding hydrogens is 463 g/mol. The number of halogens is 4. The fraction of sp³-hybridized carbons (Fsp3) is 0.435. The summed E-state index contributed by atoms with van der Waals surface area (Å²) in [6, 6.07) is 11.9. The van der Waals surface area contributed by atoms with Crippen molar-refractivity contribution in [1.82, 2.24) is 4.90 Å². The molecule has 6 nitrogen and oxygen atoms in total. The van der Waals surface area contributed by atoms with Crippen molar-refractivity contribution in [2.75, 3.05) is 33.6 Å². The number of ether oxygens (including phenoxy) is 4. The summed E-state index contributed by atoms with van der Waals surface area (Å²) in [7, 11) is 1.37. The minimum absolute atomic E-state index is 0.122. The number of benzene rings is 2. The Bertz CT molecular complexity index is 1020. The molecule has 0 N–H and O–H groups in total. The van der Waals surface area contributed by atoms with E-state index in [-0.39, 0.29) is 30.3 Å². The van der Waals surface area contributed by atoms with Crippen LogP contribution in [-0.2, 0) is 15.1 Å². The molecule has 2 aromatic carbocycles. The molecule has 10 heteroatoms. The summed E-state index contributed by atoms with van der Waals surface area (Å²) in [6.07, 6.45) is -5.23. The van der Waals surface area contributed by atoms with Crippen LogP contribution < -0.4 is 9.47 Å². The van der Waals surface area contributed by atoms with Crippen LogP contribution in [0.2, 0.25) is 5.02 Å². The zero-order valence-electron chi connectivity index (χ0n) is 17.9. The number of fused-ring (bicyclic) bond motifs is 1. The Morgan fingerprint density at radius 3 is 2.79 bits per heavy atom. The minimum Gasteiger partial charge on any atom is -0.493 e. The van der Waals surface area contributed by atoms with Crippen LogP contribution in [-0.4, -0.2) is 56.7 Å². The van der Waals surface area contributed by atoms with Gasteiger partial charge in [-0.05, 0) is 35.9 Å². The Morgan fingerprint density at radius 2 is 2.06 bits per heavy atom. The molecule has 1 amide bonds. The summed E-state index contributed by atoms with van der Waals surface area (Å²) in [5, 5.41) is 0.597. The maximum absolute atomic E-state index is 13.2. The van der Waals surface area contributed by atoms with Crippen LogP contribution in [0.25, 0.3) is 0 Å². The third-order valence-electron chi connectivity index (χ3n) is 5.90. The van der Waals surface area contributed by atoms with E-state index in [0.717, 1.165) is 5.56 Å². The number of alkyl halides is 3. The zero-order valence-corrected chi connectivity index (χ0v) is 18.6. The summed E-state index contributed by atoms with van der Waals surface area (Å²) in [4.78, 5) is 14.8. The number of methoxy groups -OCH3 is 1. The molecule has 2 aliphatic rings. The lowest BCUT2D eigenvalue weighted by Gasteiger charge is -2.42. The van der Waals surface area contributed by atoms with E-state index >= 15 is 0 Å². The molecule has 0 radical (unpaired) electrons. The Balaban J connectivity index is 1.47. The highest BCUT2D eigenvalue weighted by atomic mass is 35.5. The standard InChI is InChI=1S/C23H23ClF3NO5/c1-30-19-11-15(5-6-18(19)31-10-8-23(25,26)27)21(29)28-9-7-22(20(13-28)32-14-33-22)16-3-2-4-17(24)12-16/h2-6,11-12,20H,7-10,13-14H2,1H3. The Labute approximate surface area is 194 Å². The average molecular weight is 486 g/mol. The van der Waals surface area contributed by atoms with E-state index in [1.54, 1.807) is 11.0 Å². The lowest BCUT2D eigenvalue weighted by atomic mass is 9.82. The molecule has 0 aromatic heterocycles. The molecule has 2 fully saturated rings. The molecule has 2 unspecified atom stereocenters. The van der Waals surface area contributed by atoms with Crippen LogP contribution in [0.5, 0.6) is 11.5 Å². The molecule has 0 saturated carbocycles. The predicted molar refractivity (Wildman–Crippen MR) is 114 cm³/mol. The summed E-state index contributed by atoms with van der Waals surface area (Å²) in [6.45, 7) is 0.329. The third kappa shape index (κ3) is 5.05. The average Bonchev–Trinajstić information content (AvgIpc) is 3.22. The molecule has 0 spiro atoms. The van der Waals surface area contributed by atoms with Crippen molar-refractivity contribution in [2.45, 2.75) is 30.7 Å². The van der Waals surface area contributed by atoms with Gasteiger partial charge in [-0.15, -0.1) is 0 Å². The topological polar surface area (TPSA) is 57.2 Å². The number of carbonyl (C=O) groups is 1. The van der Waals surface area contributed by atoms with Gasteiger partial charge in [-0.25, -0.2) is 0 Å². The van der Waals surface area contributed by atoms with Crippen molar-refractivity contribution >= 4 is 17.5 Å². The van der Waals surface area contributed by atoms with E-state index in [1.165, 1.54) is 25.3 Å². The summed E-state index contributed by atoms with van der Waals surface area (Å²) in [5.74, 6) is 0.0866. The molecule has 0 aliphatic carbocycles. The van der Waals surface area contributed by atoms with Gasteiger partial charge in [0.15, 0.2) is 11.5 Å². The highest BCUT2D eigenvalue weighted by Crippen LogP contribution is 2.43.